The third-order valence-electron chi connectivity index (χ3n) is 3.00. The fourth-order valence-electron chi connectivity index (χ4n) is 1.95. The van der Waals surface area contributed by atoms with Crippen molar-refractivity contribution in [1.29, 1.82) is 0 Å². The van der Waals surface area contributed by atoms with Crippen molar-refractivity contribution in [2.24, 2.45) is 0 Å². The van der Waals surface area contributed by atoms with Gasteiger partial charge in [0.25, 0.3) is 15.9 Å². The van der Waals surface area contributed by atoms with Crippen molar-refractivity contribution in [1.82, 2.24) is 10.3 Å². The van der Waals surface area contributed by atoms with Crippen molar-refractivity contribution in [3.63, 3.8) is 0 Å². The Kier molecular flexibility index (Phi) is 5.12. The first kappa shape index (κ1) is 17.5. The molecule has 9 heteroatoms. The van der Waals surface area contributed by atoms with E-state index in [-0.39, 0.29) is 16.2 Å². The highest BCUT2D eigenvalue weighted by atomic mass is 79.9. The standard InChI is InChI=1S/C14H15BrN2O5S/c1-8-6-11(9(2)22-8)14(18)16-17-23(19,20)13-7-10(15)4-5-12(13)21-3/h4-7,17H,1-3H3,(H,16,18). The average molecular weight is 403 g/mol. The SMILES string of the molecule is COc1ccc(Br)cc1S(=O)(=O)NNC(=O)c1cc(C)oc1C. The summed E-state index contributed by atoms with van der Waals surface area (Å²) < 4.78 is 35.5. The Bertz CT molecular complexity index is 845. The predicted molar refractivity (Wildman–Crippen MR) is 86.7 cm³/mol. The lowest BCUT2D eigenvalue weighted by Crippen LogP contribution is -2.41. The zero-order valence-electron chi connectivity index (χ0n) is 12.6. The highest BCUT2D eigenvalue weighted by Gasteiger charge is 2.22. The molecule has 0 aliphatic carbocycles. The molecular weight excluding hydrogens is 388 g/mol. The molecule has 0 saturated heterocycles. The van der Waals surface area contributed by atoms with Crippen LogP contribution in [0.15, 0.2) is 38.1 Å². The quantitative estimate of drug-likeness (QED) is 0.747. The van der Waals surface area contributed by atoms with Crippen LogP contribution in [0.4, 0.5) is 0 Å². The van der Waals surface area contributed by atoms with E-state index in [2.05, 4.69) is 21.4 Å². The zero-order valence-corrected chi connectivity index (χ0v) is 15.0. The van der Waals surface area contributed by atoms with Gasteiger partial charge in [-0.25, -0.2) is 8.42 Å². The Morgan fingerprint density at radius 2 is 1.96 bits per heavy atom. The Morgan fingerprint density at radius 3 is 2.52 bits per heavy atom. The van der Waals surface area contributed by atoms with Crippen LogP contribution in [0, 0.1) is 13.8 Å². The number of hydrazine groups is 1. The van der Waals surface area contributed by atoms with E-state index in [1.54, 1.807) is 19.9 Å². The number of hydrogen-bond acceptors (Lipinski definition) is 5. The van der Waals surface area contributed by atoms with E-state index >= 15 is 0 Å². The number of hydrogen-bond donors (Lipinski definition) is 2. The molecule has 0 aliphatic heterocycles. The van der Waals surface area contributed by atoms with Crippen LogP contribution in [0.3, 0.4) is 0 Å². The Labute approximate surface area is 142 Å². The first-order chi connectivity index (χ1) is 10.7. The number of nitrogens with one attached hydrogen (secondary N) is 2. The van der Waals surface area contributed by atoms with Crippen molar-refractivity contribution >= 4 is 31.9 Å². The lowest BCUT2D eigenvalue weighted by molar-refractivity contribution is 0.0943. The van der Waals surface area contributed by atoms with Gasteiger partial charge in [-0.2, -0.15) is 0 Å². The Hall–Kier alpha value is -1.84. The Morgan fingerprint density at radius 1 is 1.26 bits per heavy atom. The fraction of sp³-hybridized carbons (Fsp3) is 0.214. The molecule has 0 radical (unpaired) electrons. The van der Waals surface area contributed by atoms with Crippen LogP contribution in [0.5, 0.6) is 5.75 Å². The third kappa shape index (κ3) is 3.92. The van der Waals surface area contributed by atoms with Gasteiger partial charge in [0.1, 0.15) is 22.2 Å². The predicted octanol–water partition coefficient (Wildman–Crippen LogP) is 2.29. The van der Waals surface area contributed by atoms with Crippen LogP contribution in [-0.2, 0) is 10.0 Å². The maximum atomic E-state index is 12.3. The lowest BCUT2D eigenvalue weighted by atomic mass is 10.2. The van der Waals surface area contributed by atoms with E-state index in [0.717, 1.165) is 0 Å². The van der Waals surface area contributed by atoms with Gasteiger partial charge >= 0.3 is 0 Å². The fourth-order valence-corrected chi connectivity index (χ4v) is 3.50. The van der Waals surface area contributed by atoms with Gasteiger partial charge in [-0.15, -0.1) is 4.83 Å². The maximum absolute atomic E-state index is 12.3. The van der Waals surface area contributed by atoms with Gasteiger partial charge in [0, 0.05) is 4.47 Å². The molecule has 0 saturated carbocycles. The third-order valence-corrected chi connectivity index (χ3v) is 4.76. The monoisotopic (exact) mass is 402 g/mol. The molecule has 0 atom stereocenters. The van der Waals surface area contributed by atoms with E-state index in [9.17, 15) is 13.2 Å². The van der Waals surface area contributed by atoms with Crippen LogP contribution in [0.1, 0.15) is 21.9 Å². The summed E-state index contributed by atoms with van der Waals surface area (Å²) in [6.07, 6.45) is 0. The molecule has 0 unspecified atom stereocenters. The minimum Gasteiger partial charge on any atom is -0.495 e. The topological polar surface area (TPSA) is 97.6 Å². The van der Waals surface area contributed by atoms with Crippen LogP contribution < -0.4 is 15.0 Å². The second-order valence-corrected chi connectivity index (χ2v) is 7.25. The molecule has 1 aromatic carbocycles. The van der Waals surface area contributed by atoms with E-state index in [4.69, 9.17) is 9.15 Å². The number of rotatable bonds is 5. The molecule has 2 N–H and O–H groups in total. The van der Waals surface area contributed by atoms with Crippen molar-refractivity contribution in [3.05, 3.63) is 45.8 Å². The number of methoxy groups -OCH3 is 1. The van der Waals surface area contributed by atoms with Crippen molar-refractivity contribution in [3.8, 4) is 5.75 Å². The van der Waals surface area contributed by atoms with Gasteiger partial charge in [0.15, 0.2) is 0 Å². The molecule has 1 aromatic heterocycles. The smallest absolute Gasteiger partial charge is 0.269 e. The largest absolute Gasteiger partial charge is 0.495 e. The molecule has 2 aromatic rings. The minimum atomic E-state index is -4.00. The minimum absolute atomic E-state index is 0.102. The number of ether oxygens (including phenoxy) is 1. The molecule has 0 bridgehead atoms. The van der Waals surface area contributed by atoms with Crippen LogP contribution >= 0.6 is 15.9 Å². The van der Waals surface area contributed by atoms with E-state index in [1.807, 2.05) is 4.83 Å². The normalized spacial score (nSPS) is 11.3. The molecule has 1 heterocycles. The number of sulfonamides is 1. The summed E-state index contributed by atoms with van der Waals surface area (Å²) in [6.45, 7) is 3.31. The highest BCUT2D eigenvalue weighted by Crippen LogP contribution is 2.26. The first-order valence-corrected chi connectivity index (χ1v) is 8.75. The summed E-state index contributed by atoms with van der Waals surface area (Å²) in [5, 5.41) is 0. The summed E-state index contributed by atoms with van der Waals surface area (Å²) in [4.78, 5) is 14.0. The van der Waals surface area contributed by atoms with Crippen molar-refractivity contribution in [2.45, 2.75) is 18.7 Å². The van der Waals surface area contributed by atoms with Crippen molar-refractivity contribution in [2.75, 3.05) is 7.11 Å². The van der Waals surface area contributed by atoms with Gasteiger partial charge in [-0.3, -0.25) is 10.2 Å². The van der Waals surface area contributed by atoms with Crippen LogP contribution in [-0.4, -0.2) is 21.4 Å². The number of aryl methyl sites for hydroxylation is 2. The van der Waals surface area contributed by atoms with Crippen LogP contribution in [0.2, 0.25) is 0 Å². The van der Waals surface area contributed by atoms with Crippen molar-refractivity contribution < 1.29 is 22.4 Å². The summed E-state index contributed by atoms with van der Waals surface area (Å²) >= 11 is 3.20. The second-order valence-electron chi connectivity index (χ2n) is 4.68. The van der Waals surface area contributed by atoms with Gasteiger partial charge in [-0.05, 0) is 38.1 Å². The molecule has 2 rings (SSSR count). The van der Waals surface area contributed by atoms with Gasteiger partial charge in [-0.1, -0.05) is 15.9 Å². The van der Waals surface area contributed by atoms with Gasteiger partial charge in [0.2, 0.25) is 0 Å². The van der Waals surface area contributed by atoms with E-state index in [0.29, 0.717) is 16.0 Å². The number of furan rings is 1. The molecule has 0 spiro atoms. The molecular formula is C14H15BrN2O5S. The average Bonchev–Trinajstić information content (AvgIpc) is 2.83. The number of amides is 1. The number of halogens is 1. The highest BCUT2D eigenvalue weighted by molar-refractivity contribution is 9.10. The van der Waals surface area contributed by atoms with Gasteiger partial charge < -0.3 is 9.15 Å². The zero-order chi connectivity index (χ0) is 17.2. The molecule has 0 aliphatic rings. The van der Waals surface area contributed by atoms with E-state index < -0.39 is 15.9 Å². The number of carbonyl (C=O) groups excluding carboxylic acids is 1. The molecule has 124 valence electrons. The van der Waals surface area contributed by atoms with Gasteiger partial charge in [0.05, 0.1) is 12.7 Å². The summed E-state index contributed by atoms with van der Waals surface area (Å²) in [5.74, 6) is 0.505. The number of carbonyl (C=O) groups is 1. The van der Waals surface area contributed by atoms with E-state index in [1.165, 1.54) is 25.3 Å². The number of benzene rings is 1. The Balaban J connectivity index is 2.21. The first-order valence-electron chi connectivity index (χ1n) is 6.47. The summed E-state index contributed by atoms with van der Waals surface area (Å²) in [5.41, 5.74) is 2.41. The summed E-state index contributed by atoms with van der Waals surface area (Å²) in [6, 6.07) is 6.05. The van der Waals surface area contributed by atoms with Crippen LogP contribution in [0.25, 0.3) is 0 Å². The molecule has 0 fully saturated rings. The molecule has 23 heavy (non-hydrogen) atoms. The molecule has 7 nitrogen and oxygen atoms in total. The second kappa shape index (κ2) is 6.73. The molecule has 1 amide bonds. The summed E-state index contributed by atoms with van der Waals surface area (Å²) in [7, 11) is -2.64. The lowest BCUT2D eigenvalue weighted by Gasteiger charge is -2.11. The maximum Gasteiger partial charge on any atom is 0.269 e.